The Balaban J connectivity index is 2.32. The molecule has 1 saturated carbocycles. The molecule has 0 aliphatic heterocycles. The minimum atomic E-state index is -0.715. The van der Waals surface area contributed by atoms with Crippen molar-refractivity contribution in [1.29, 1.82) is 0 Å². The highest BCUT2D eigenvalue weighted by molar-refractivity contribution is 6.30. The number of benzene rings is 1. The fraction of sp³-hybridized carbons (Fsp3) is 0.571. The van der Waals surface area contributed by atoms with Crippen LogP contribution in [0.5, 0.6) is 0 Å². The maximum atomic E-state index is 13.8. The SMILES string of the molecule is CCC1(C(O)c2ccc(Cl)cc2F)CCCC1. The zero-order valence-corrected chi connectivity index (χ0v) is 10.8. The monoisotopic (exact) mass is 256 g/mol. The van der Waals surface area contributed by atoms with Crippen LogP contribution in [0.15, 0.2) is 18.2 Å². The van der Waals surface area contributed by atoms with Gasteiger partial charge in [-0.1, -0.05) is 37.4 Å². The highest BCUT2D eigenvalue weighted by Gasteiger charge is 2.40. The molecule has 0 radical (unpaired) electrons. The highest BCUT2D eigenvalue weighted by Crippen LogP contribution is 2.50. The van der Waals surface area contributed by atoms with E-state index < -0.39 is 11.9 Å². The predicted molar refractivity (Wildman–Crippen MR) is 67.6 cm³/mol. The van der Waals surface area contributed by atoms with Crippen LogP contribution in [0.25, 0.3) is 0 Å². The van der Waals surface area contributed by atoms with Crippen molar-refractivity contribution >= 4 is 11.6 Å². The minimum absolute atomic E-state index is 0.144. The van der Waals surface area contributed by atoms with Gasteiger partial charge in [-0.05, 0) is 31.4 Å². The third-order valence-corrected chi connectivity index (χ3v) is 4.38. The Morgan fingerprint density at radius 2 is 2.06 bits per heavy atom. The van der Waals surface area contributed by atoms with Gasteiger partial charge in [0.2, 0.25) is 0 Å². The summed E-state index contributed by atoms with van der Waals surface area (Å²) in [5.41, 5.74) is 0.243. The molecule has 0 saturated heterocycles. The smallest absolute Gasteiger partial charge is 0.130 e. The molecular formula is C14H18ClFO. The second kappa shape index (κ2) is 4.95. The van der Waals surface area contributed by atoms with Crippen molar-refractivity contribution in [3.8, 4) is 0 Å². The first kappa shape index (κ1) is 12.8. The van der Waals surface area contributed by atoms with Crippen LogP contribution >= 0.6 is 11.6 Å². The lowest BCUT2D eigenvalue weighted by Gasteiger charge is -2.33. The fourth-order valence-electron chi connectivity index (χ4n) is 2.95. The molecule has 1 nitrogen and oxygen atoms in total. The Kier molecular flexibility index (Phi) is 3.74. The van der Waals surface area contributed by atoms with Gasteiger partial charge in [0.15, 0.2) is 0 Å². The lowest BCUT2D eigenvalue weighted by atomic mass is 9.75. The molecule has 1 aromatic rings. The first-order valence-corrected chi connectivity index (χ1v) is 6.60. The average Bonchev–Trinajstić information content (AvgIpc) is 2.78. The molecule has 0 aromatic heterocycles. The van der Waals surface area contributed by atoms with E-state index in [0.29, 0.717) is 10.6 Å². The van der Waals surface area contributed by atoms with Gasteiger partial charge < -0.3 is 5.11 Å². The predicted octanol–water partition coefficient (Wildman–Crippen LogP) is 4.48. The van der Waals surface area contributed by atoms with Crippen molar-refractivity contribution < 1.29 is 9.50 Å². The minimum Gasteiger partial charge on any atom is -0.388 e. The normalized spacial score (nSPS) is 20.5. The molecule has 0 heterocycles. The Labute approximate surface area is 107 Å². The molecule has 0 spiro atoms. The highest BCUT2D eigenvalue weighted by atomic mass is 35.5. The van der Waals surface area contributed by atoms with Crippen LogP contribution in [0.2, 0.25) is 5.02 Å². The molecule has 1 aliphatic rings. The number of hydrogen-bond donors (Lipinski definition) is 1. The summed E-state index contributed by atoms with van der Waals surface area (Å²) < 4.78 is 13.8. The number of hydrogen-bond acceptors (Lipinski definition) is 1. The quantitative estimate of drug-likeness (QED) is 0.845. The maximum absolute atomic E-state index is 13.8. The number of aliphatic hydroxyl groups excluding tert-OH is 1. The molecule has 0 bridgehead atoms. The van der Waals surface area contributed by atoms with Gasteiger partial charge in [0.1, 0.15) is 5.82 Å². The third-order valence-electron chi connectivity index (χ3n) is 4.14. The van der Waals surface area contributed by atoms with Crippen LogP contribution in [0, 0.1) is 11.2 Å². The van der Waals surface area contributed by atoms with Crippen molar-refractivity contribution in [3.05, 3.63) is 34.6 Å². The molecule has 1 atom stereocenters. The van der Waals surface area contributed by atoms with Gasteiger partial charge in [-0.2, -0.15) is 0 Å². The number of rotatable bonds is 3. The van der Waals surface area contributed by atoms with E-state index in [1.807, 2.05) is 0 Å². The van der Waals surface area contributed by atoms with E-state index in [2.05, 4.69) is 6.92 Å². The molecule has 2 rings (SSSR count). The summed E-state index contributed by atoms with van der Waals surface area (Å²) in [7, 11) is 0. The van der Waals surface area contributed by atoms with E-state index in [0.717, 1.165) is 32.1 Å². The molecule has 0 amide bonds. The van der Waals surface area contributed by atoms with Gasteiger partial charge >= 0.3 is 0 Å². The van der Waals surface area contributed by atoms with Gasteiger partial charge in [-0.15, -0.1) is 0 Å². The van der Waals surface area contributed by atoms with Crippen molar-refractivity contribution in [2.75, 3.05) is 0 Å². The van der Waals surface area contributed by atoms with Crippen LogP contribution in [0.4, 0.5) is 4.39 Å². The third kappa shape index (κ3) is 2.34. The summed E-state index contributed by atoms with van der Waals surface area (Å²) in [6.07, 6.45) is 4.38. The molecule has 1 aliphatic carbocycles. The fourth-order valence-corrected chi connectivity index (χ4v) is 3.11. The molecule has 3 heteroatoms. The Bertz CT molecular complexity index is 399. The van der Waals surface area contributed by atoms with E-state index in [9.17, 15) is 9.50 Å². The summed E-state index contributed by atoms with van der Waals surface area (Å²) in [6, 6.07) is 4.53. The molecule has 1 N–H and O–H groups in total. The first-order valence-electron chi connectivity index (χ1n) is 6.22. The number of halogens is 2. The zero-order valence-electron chi connectivity index (χ0n) is 10.0. The molecule has 94 valence electrons. The van der Waals surface area contributed by atoms with Crippen LogP contribution in [-0.4, -0.2) is 5.11 Å². The Hall–Kier alpha value is -0.600. The van der Waals surface area contributed by atoms with Crippen LogP contribution in [0.1, 0.15) is 50.7 Å². The Morgan fingerprint density at radius 3 is 2.59 bits per heavy atom. The van der Waals surface area contributed by atoms with E-state index >= 15 is 0 Å². The van der Waals surface area contributed by atoms with Gasteiger partial charge in [-0.25, -0.2) is 4.39 Å². The van der Waals surface area contributed by atoms with Crippen LogP contribution in [-0.2, 0) is 0 Å². The van der Waals surface area contributed by atoms with Crippen LogP contribution in [0.3, 0.4) is 0 Å². The van der Waals surface area contributed by atoms with E-state index in [1.54, 1.807) is 12.1 Å². The van der Waals surface area contributed by atoms with Gasteiger partial charge in [0.25, 0.3) is 0 Å². The summed E-state index contributed by atoms with van der Waals surface area (Å²) in [4.78, 5) is 0. The second-order valence-corrected chi connectivity index (χ2v) is 5.43. The van der Waals surface area contributed by atoms with Gasteiger partial charge in [0, 0.05) is 16.0 Å². The topological polar surface area (TPSA) is 20.2 Å². The van der Waals surface area contributed by atoms with Crippen molar-refractivity contribution in [2.24, 2.45) is 5.41 Å². The van der Waals surface area contributed by atoms with E-state index in [4.69, 9.17) is 11.6 Å². The molecular weight excluding hydrogens is 239 g/mol. The van der Waals surface area contributed by atoms with E-state index in [-0.39, 0.29) is 5.41 Å². The maximum Gasteiger partial charge on any atom is 0.130 e. The lowest BCUT2D eigenvalue weighted by Crippen LogP contribution is -2.25. The molecule has 1 unspecified atom stereocenters. The summed E-state index contributed by atoms with van der Waals surface area (Å²) in [5.74, 6) is -0.398. The average molecular weight is 257 g/mol. The zero-order chi connectivity index (χ0) is 12.5. The standard InChI is InChI=1S/C14H18ClFO/c1-2-14(7-3-4-8-14)13(17)11-6-5-10(15)9-12(11)16/h5-6,9,13,17H,2-4,7-8H2,1H3. The van der Waals surface area contributed by atoms with Crippen molar-refractivity contribution in [3.63, 3.8) is 0 Å². The van der Waals surface area contributed by atoms with Crippen LogP contribution < -0.4 is 0 Å². The van der Waals surface area contributed by atoms with Gasteiger partial charge in [0.05, 0.1) is 6.10 Å². The second-order valence-electron chi connectivity index (χ2n) is 4.99. The first-order chi connectivity index (χ1) is 8.09. The summed E-state index contributed by atoms with van der Waals surface area (Å²) >= 11 is 5.73. The number of aliphatic hydroxyl groups is 1. The van der Waals surface area contributed by atoms with Crippen molar-refractivity contribution in [1.82, 2.24) is 0 Å². The van der Waals surface area contributed by atoms with Gasteiger partial charge in [-0.3, -0.25) is 0 Å². The molecule has 1 fully saturated rings. The molecule has 17 heavy (non-hydrogen) atoms. The molecule has 1 aromatic carbocycles. The van der Waals surface area contributed by atoms with E-state index in [1.165, 1.54) is 6.07 Å². The summed E-state index contributed by atoms with van der Waals surface area (Å²) in [5, 5.41) is 10.8. The lowest BCUT2D eigenvalue weighted by molar-refractivity contribution is 0.0211. The largest absolute Gasteiger partial charge is 0.388 e. The summed E-state index contributed by atoms with van der Waals surface area (Å²) in [6.45, 7) is 2.07. The Morgan fingerprint density at radius 1 is 1.41 bits per heavy atom. The van der Waals surface area contributed by atoms with Crippen molar-refractivity contribution in [2.45, 2.75) is 45.1 Å².